The molecule has 0 fully saturated rings. The third-order valence-corrected chi connectivity index (χ3v) is 3.19. The molecule has 1 aromatic carbocycles. The first-order chi connectivity index (χ1) is 10.3. The van der Waals surface area contributed by atoms with Gasteiger partial charge in [0.2, 0.25) is 0 Å². The molecule has 4 nitrogen and oxygen atoms in total. The van der Waals surface area contributed by atoms with Gasteiger partial charge in [-0.25, -0.2) is 4.79 Å². The number of anilines is 1. The van der Waals surface area contributed by atoms with E-state index in [9.17, 15) is 4.79 Å². The van der Waals surface area contributed by atoms with E-state index in [0.29, 0.717) is 0 Å². The smallest absolute Gasteiger partial charge is 0.319 e. The van der Waals surface area contributed by atoms with E-state index in [1.807, 2.05) is 24.3 Å². The Morgan fingerprint density at radius 2 is 1.71 bits per heavy atom. The SMILES string of the molecule is CCCCCCNC(=O)Nc1ccc(OCCCC)cc1. The molecule has 0 radical (unpaired) electrons. The molecule has 0 unspecified atom stereocenters. The summed E-state index contributed by atoms with van der Waals surface area (Å²) >= 11 is 0. The zero-order valence-electron chi connectivity index (χ0n) is 13.3. The molecule has 0 aliphatic heterocycles. The van der Waals surface area contributed by atoms with Crippen molar-refractivity contribution in [3.8, 4) is 5.75 Å². The third kappa shape index (κ3) is 8.23. The molecule has 0 aliphatic carbocycles. The average molecular weight is 292 g/mol. The van der Waals surface area contributed by atoms with Crippen molar-refractivity contribution in [2.24, 2.45) is 0 Å². The maximum Gasteiger partial charge on any atom is 0.319 e. The lowest BCUT2D eigenvalue weighted by Gasteiger charge is -2.09. The number of ether oxygens (including phenoxy) is 1. The Morgan fingerprint density at radius 1 is 1.00 bits per heavy atom. The fraction of sp³-hybridized carbons (Fsp3) is 0.588. The van der Waals surface area contributed by atoms with Gasteiger partial charge in [-0.2, -0.15) is 0 Å². The Kier molecular flexibility index (Phi) is 9.09. The van der Waals surface area contributed by atoms with Crippen LogP contribution in [0.1, 0.15) is 52.4 Å². The van der Waals surface area contributed by atoms with Crippen LogP contribution < -0.4 is 15.4 Å². The molecule has 1 aromatic rings. The minimum atomic E-state index is -0.147. The second-order valence-electron chi connectivity index (χ2n) is 5.17. The Hall–Kier alpha value is -1.71. The van der Waals surface area contributed by atoms with Gasteiger partial charge in [0.05, 0.1) is 6.61 Å². The van der Waals surface area contributed by atoms with Crippen LogP contribution in [0.15, 0.2) is 24.3 Å². The molecule has 2 amide bonds. The first-order valence-corrected chi connectivity index (χ1v) is 8.04. The number of urea groups is 1. The van der Waals surface area contributed by atoms with Gasteiger partial charge in [0.1, 0.15) is 5.75 Å². The second kappa shape index (κ2) is 11.0. The fourth-order valence-electron chi connectivity index (χ4n) is 1.90. The van der Waals surface area contributed by atoms with Crippen LogP contribution in [0.5, 0.6) is 5.75 Å². The summed E-state index contributed by atoms with van der Waals surface area (Å²) in [5, 5.41) is 5.69. The molecular formula is C17H28N2O2. The van der Waals surface area contributed by atoms with Crippen molar-refractivity contribution in [3.63, 3.8) is 0 Å². The van der Waals surface area contributed by atoms with Crippen LogP contribution in [0.4, 0.5) is 10.5 Å². The third-order valence-electron chi connectivity index (χ3n) is 3.19. The molecule has 0 heterocycles. The first kappa shape index (κ1) is 17.3. The summed E-state index contributed by atoms with van der Waals surface area (Å²) in [6.45, 7) is 5.78. The lowest BCUT2D eigenvalue weighted by atomic mass is 10.2. The van der Waals surface area contributed by atoms with E-state index >= 15 is 0 Å². The van der Waals surface area contributed by atoms with Crippen LogP contribution in [-0.2, 0) is 0 Å². The van der Waals surface area contributed by atoms with Crippen molar-refractivity contribution in [3.05, 3.63) is 24.3 Å². The number of carbonyl (C=O) groups is 1. The molecular weight excluding hydrogens is 264 g/mol. The molecule has 0 bridgehead atoms. The number of unbranched alkanes of at least 4 members (excludes halogenated alkanes) is 4. The summed E-state index contributed by atoms with van der Waals surface area (Å²) in [6, 6.07) is 7.33. The van der Waals surface area contributed by atoms with E-state index in [-0.39, 0.29) is 6.03 Å². The van der Waals surface area contributed by atoms with Crippen LogP contribution >= 0.6 is 0 Å². The van der Waals surface area contributed by atoms with Crippen molar-refractivity contribution < 1.29 is 9.53 Å². The number of carbonyl (C=O) groups excluding carboxylic acids is 1. The minimum Gasteiger partial charge on any atom is -0.494 e. The number of amides is 2. The Bertz CT molecular complexity index is 390. The fourth-order valence-corrected chi connectivity index (χ4v) is 1.90. The van der Waals surface area contributed by atoms with Crippen LogP contribution in [0.3, 0.4) is 0 Å². The van der Waals surface area contributed by atoms with E-state index in [1.54, 1.807) is 0 Å². The highest BCUT2D eigenvalue weighted by Crippen LogP contribution is 2.15. The number of nitrogens with one attached hydrogen (secondary N) is 2. The molecule has 4 heteroatoms. The van der Waals surface area contributed by atoms with Gasteiger partial charge in [0, 0.05) is 12.2 Å². The van der Waals surface area contributed by atoms with E-state index < -0.39 is 0 Å². The molecule has 0 aromatic heterocycles. The Balaban J connectivity index is 2.23. The highest BCUT2D eigenvalue weighted by molar-refractivity contribution is 5.89. The van der Waals surface area contributed by atoms with Gasteiger partial charge in [-0.3, -0.25) is 0 Å². The lowest BCUT2D eigenvalue weighted by molar-refractivity contribution is 0.252. The monoisotopic (exact) mass is 292 g/mol. The molecule has 0 aliphatic rings. The zero-order chi connectivity index (χ0) is 15.3. The number of rotatable bonds is 10. The van der Waals surface area contributed by atoms with Crippen LogP contribution in [0.2, 0.25) is 0 Å². The summed E-state index contributed by atoms with van der Waals surface area (Å²) in [6.07, 6.45) is 6.81. The molecule has 0 atom stereocenters. The van der Waals surface area contributed by atoms with Gasteiger partial charge in [0.25, 0.3) is 0 Å². The van der Waals surface area contributed by atoms with Gasteiger partial charge < -0.3 is 15.4 Å². The van der Waals surface area contributed by atoms with Crippen LogP contribution in [-0.4, -0.2) is 19.2 Å². The van der Waals surface area contributed by atoms with Crippen molar-refractivity contribution in [1.82, 2.24) is 5.32 Å². The summed E-state index contributed by atoms with van der Waals surface area (Å²) in [4.78, 5) is 11.7. The number of benzene rings is 1. The van der Waals surface area contributed by atoms with Crippen LogP contribution in [0.25, 0.3) is 0 Å². The maximum absolute atomic E-state index is 11.7. The first-order valence-electron chi connectivity index (χ1n) is 8.04. The summed E-state index contributed by atoms with van der Waals surface area (Å²) in [7, 11) is 0. The van der Waals surface area contributed by atoms with Crippen molar-refractivity contribution in [2.45, 2.75) is 52.4 Å². The van der Waals surface area contributed by atoms with E-state index in [1.165, 1.54) is 19.3 Å². The lowest BCUT2D eigenvalue weighted by Crippen LogP contribution is -2.29. The Morgan fingerprint density at radius 3 is 2.38 bits per heavy atom. The molecule has 2 N–H and O–H groups in total. The minimum absolute atomic E-state index is 0.147. The maximum atomic E-state index is 11.7. The van der Waals surface area contributed by atoms with Gasteiger partial charge in [-0.05, 0) is 37.1 Å². The zero-order valence-corrected chi connectivity index (χ0v) is 13.3. The summed E-state index contributed by atoms with van der Waals surface area (Å²) < 4.78 is 5.58. The highest BCUT2D eigenvalue weighted by Gasteiger charge is 2.01. The van der Waals surface area contributed by atoms with Gasteiger partial charge in [-0.15, -0.1) is 0 Å². The van der Waals surface area contributed by atoms with Gasteiger partial charge in [0.15, 0.2) is 0 Å². The summed E-state index contributed by atoms with van der Waals surface area (Å²) in [5.41, 5.74) is 0.781. The van der Waals surface area contributed by atoms with Crippen molar-refractivity contribution in [2.75, 3.05) is 18.5 Å². The largest absolute Gasteiger partial charge is 0.494 e. The van der Waals surface area contributed by atoms with Crippen LogP contribution in [0, 0.1) is 0 Å². The molecule has 21 heavy (non-hydrogen) atoms. The standard InChI is InChI=1S/C17H28N2O2/c1-3-5-7-8-13-18-17(20)19-15-9-11-16(12-10-15)21-14-6-4-2/h9-12H,3-8,13-14H2,1-2H3,(H2,18,19,20). The van der Waals surface area contributed by atoms with E-state index in [0.717, 1.165) is 43.9 Å². The number of hydrogen-bond acceptors (Lipinski definition) is 2. The predicted octanol–water partition coefficient (Wildman–Crippen LogP) is 4.57. The second-order valence-corrected chi connectivity index (χ2v) is 5.17. The molecule has 1 rings (SSSR count). The van der Waals surface area contributed by atoms with E-state index in [2.05, 4.69) is 24.5 Å². The highest BCUT2D eigenvalue weighted by atomic mass is 16.5. The average Bonchev–Trinajstić information content (AvgIpc) is 2.49. The van der Waals surface area contributed by atoms with Crippen molar-refractivity contribution in [1.29, 1.82) is 0 Å². The molecule has 0 saturated heterocycles. The number of hydrogen-bond donors (Lipinski definition) is 2. The van der Waals surface area contributed by atoms with Gasteiger partial charge >= 0.3 is 6.03 Å². The Labute approximate surface area is 128 Å². The predicted molar refractivity (Wildman–Crippen MR) is 88.0 cm³/mol. The molecule has 118 valence electrons. The molecule has 0 saturated carbocycles. The summed E-state index contributed by atoms with van der Waals surface area (Å²) in [5.74, 6) is 0.842. The van der Waals surface area contributed by atoms with E-state index in [4.69, 9.17) is 4.74 Å². The van der Waals surface area contributed by atoms with Gasteiger partial charge in [-0.1, -0.05) is 39.5 Å². The quantitative estimate of drug-likeness (QED) is 0.621. The van der Waals surface area contributed by atoms with Crippen molar-refractivity contribution >= 4 is 11.7 Å². The molecule has 0 spiro atoms. The normalized spacial score (nSPS) is 10.2. The topological polar surface area (TPSA) is 50.4 Å².